The van der Waals surface area contributed by atoms with E-state index in [1.54, 1.807) is 0 Å². The number of nitrogens with one attached hydrogen (secondary N) is 3. The number of nitrogens with zero attached hydrogens (tertiary/aromatic N) is 1. The third-order valence-electron chi connectivity index (χ3n) is 4.53. The molecule has 0 bridgehead atoms. The van der Waals surface area contributed by atoms with Crippen LogP contribution in [0.2, 0.25) is 0 Å². The average molecular weight is 400 g/mol. The van der Waals surface area contributed by atoms with Gasteiger partial charge in [0.25, 0.3) is 0 Å². The number of aryl methyl sites for hydroxylation is 1. The van der Waals surface area contributed by atoms with Gasteiger partial charge in [-0.05, 0) is 24.8 Å². The summed E-state index contributed by atoms with van der Waals surface area (Å²) in [6, 6.07) is 8.03. The van der Waals surface area contributed by atoms with Crippen molar-refractivity contribution >= 4 is 17.8 Å². The molecular weight excluding hydrogens is 372 g/mol. The van der Waals surface area contributed by atoms with E-state index in [0.29, 0.717) is 31.4 Å². The van der Waals surface area contributed by atoms with Crippen LogP contribution in [0, 0.1) is 0 Å². The standard InChI is InChI=1S/C21H28N4O4/c1-2-7-17(24-19(26)11-6-10-15-8-4-3-5-9-15)20(27)25-18(21(28)29)12-16-13-22-14-23-16/h3-5,8-9,13-14,17-18H,2,6-7,10-12H2,1H3,(H,22,23)(H,24,26)(H,25,27)(H,28,29)/t17-,18-/m0/s1. The first-order valence-corrected chi connectivity index (χ1v) is 9.83. The molecule has 0 aliphatic rings. The molecule has 4 N–H and O–H groups in total. The highest BCUT2D eigenvalue weighted by Gasteiger charge is 2.26. The molecule has 0 aliphatic carbocycles. The Morgan fingerprint density at radius 2 is 1.90 bits per heavy atom. The second kappa shape index (κ2) is 11.6. The molecule has 2 aromatic rings. The summed E-state index contributed by atoms with van der Waals surface area (Å²) < 4.78 is 0. The van der Waals surface area contributed by atoms with Gasteiger partial charge in [-0.2, -0.15) is 0 Å². The van der Waals surface area contributed by atoms with Gasteiger partial charge in [0.05, 0.1) is 6.33 Å². The molecule has 0 unspecified atom stereocenters. The smallest absolute Gasteiger partial charge is 0.326 e. The number of hydrogen-bond donors (Lipinski definition) is 4. The van der Waals surface area contributed by atoms with Crippen LogP contribution in [0.1, 0.15) is 43.9 Å². The van der Waals surface area contributed by atoms with Crippen molar-refractivity contribution in [3.05, 3.63) is 54.1 Å². The summed E-state index contributed by atoms with van der Waals surface area (Å²) in [7, 11) is 0. The van der Waals surface area contributed by atoms with Crippen molar-refractivity contribution in [1.29, 1.82) is 0 Å². The lowest BCUT2D eigenvalue weighted by atomic mass is 10.1. The fourth-order valence-electron chi connectivity index (χ4n) is 3.01. The molecule has 0 radical (unpaired) electrons. The second-order valence-corrected chi connectivity index (χ2v) is 6.93. The third-order valence-corrected chi connectivity index (χ3v) is 4.53. The summed E-state index contributed by atoms with van der Waals surface area (Å²) in [6.45, 7) is 1.90. The monoisotopic (exact) mass is 400 g/mol. The van der Waals surface area contributed by atoms with Gasteiger partial charge in [0, 0.05) is 24.7 Å². The number of H-pyrrole nitrogens is 1. The lowest BCUT2D eigenvalue weighted by Gasteiger charge is -2.21. The maximum absolute atomic E-state index is 12.6. The van der Waals surface area contributed by atoms with Gasteiger partial charge in [-0.15, -0.1) is 0 Å². The Morgan fingerprint density at radius 1 is 1.14 bits per heavy atom. The normalized spacial score (nSPS) is 12.7. The Morgan fingerprint density at radius 3 is 2.52 bits per heavy atom. The first-order chi connectivity index (χ1) is 14.0. The molecule has 0 aliphatic heterocycles. The number of benzene rings is 1. The number of hydrogen-bond acceptors (Lipinski definition) is 4. The Labute approximate surface area is 170 Å². The molecule has 0 spiro atoms. The van der Waals surface area contributed by atoms with Gasteiger partial charge in [-0.25, -0.2) is 9.78 Å². The van der Waals surface area contributed by atoms with Gasteiger partial charge in [-0.1, -0.05) is 43.7 Å². The largest absolute Gasteiger partial charge is 0.480 e. The molecular formula is C21H28N4O4. The summed E-state index contributed by atoms with van der Waals surface area (Å²) in [4.78, 5) is 43.0. The van der Waals surface area contributed by atoms with E-state index in [1.807, 2.05) is 37.3 Å². The molecule has 0 saturated heterocycles. The van der Waals surface area contributed by atoms with E-state index in [-0.39, 0.29) is 12.3 Å². The maximum atomic E-state index is 12.6. The van der Waals surface area contributed by atoms with Gasteiger partial charge in [-0.3, -0.25) is 9.59 Å². The highest BCUT2D eigenvalue weighted by molar-refractivity contribution is 5.90. The van der Waals surface area contributed by atoms with Crippen LogP contribution in [0.4, 0.5) is 0 Å². The summed E-state index contributed by atoms with van der Waals surface area (Å²) in [5.74, 6) is -1.84. The van der Waals surface area contributed by atoms with Crippen LogP contribution in [-0.2, 0) is 27.2 Å². The predicted molar refractivity (Wildman–Crippen MR) is 108 cm³/mol. The number of aromatic amines is 1. The van der Waals surface area contributed by atoms with Gasteiger partial charge in [0.15, 0.2) is 0 Å². The minimum atomic E-state index is -1.14. The summed E-state index contributed by atoms with van der Waals surface area (Å²) in [5, 5.41) is 14.7. The Kier molecular flexibility index (Phi) is 8.88. The predicted octanol–water partition coefficient (Wildman–Crippen LogP) is 1.83. The van der Waals surface area contributed by atoms with Crippen LogP contribution in [-0.4, -0.2) is 44.9 Å². The highest BCUT2D eigenvalue weighted by atomic mass is 16.4. The molecule has 29 heavy (non-hydrogen) atoms. The zero-order chi connectivity index (χ0) is 21.1. The quantitative estimate of drug-likeness (QED) is 0.433. The highest BCUT2D eigenvalue weighted by Crippen LogP contribution is 2.06. The zero-order valence-corrected chi connectivity index (χ0v) is 16.6. The van der Waals surface area contributed by atoms with E-state index in [2.05, 4.69) is 20.6 Å². The molecule has 8 nitrogen and oxygen atoms in total. The molecule has 1 aromatic heterocycles. The molecule has 0 fully saturated rings. The molecule has 1 aromatic carbocycles. The van der Waals surface area contributed by atoms with Crippen LogP contribution in [0.25, 0.3) is 0 Å². The lowest BCUT2D eigenvalue weighted by molar-refractivity contribution is -0.142. The van der Waals surface area contributed by atoms with Crippen LogP contribution in [0.15, 0.2) is 42.9 Å². The minimum Gasteiger partial charge on any atom is -0.480 e. The number of imidazole rings is 1. The van der Waals surface area contributed by atoms with E-state index in [1.165, 1.54) is 12.5 Å². The number of carbonyl (C=O) groups is 3. The van der Waals surface area contributed by atoms with Gasteiger partial charge >= 0.3 is 5.97 Å². The second-order valence-electron chi connectivity index (χ2n) is 6.93. The first-order valence-electron chi connectivity index (χ1n) is 9.83. The third kappa shape index (κ3) is 7.77. The van der Waals surface area contributed by atoms with Crippen molar-refractivity contribution < 1.29 is 19.5 Å². The van der Waals surface area contributed by atoms with Gasteiger partial charge < -0.3 is 20.7 Å². The Hall–Kier alpha value is -3.16. The summed E-state index contributed by atoms with van der Waals surface area (Å²) in [5.41, 5.74) is 1.76. The molecule has 0 saturated carbocycles. The first kappa shape index (κ1) is 22.1. The van der Waals surface area contributed by atoms with Crippen LogP contribution in [0.3, 0.4) is 0 Å². The van der Waals surface area contributed by atoms with Crippen LogP contribution < -0.4 is 10.6 Å². The van der Waals surface area contributed by atoms with Crippen molar-refractivity contribution in [1.82, 2.24) is 20.6 Å². The van der Waals surface area contributed by atoms with E-state index in [0.717, 1.165) is 12.0 Å². The van der Waals surface area contributed by atoms with Gasteiger partial charge in [0.1, 0.15) is 12.1 Å². The summed E-state index contributed by atoms with van der Waals surface area (Å²) in [6.07, 6.45) is 5.93. The fourth-order valence-corrected chi connectivity index (χ4v) is 3.01. The number of carbonyl (C=O) groups excluding carboxylic acids is 2. The van der Waals surface area contributed by atoms with Crippen molar-refractivity contribution in [3.8, 4) is 0 Å². The average Bonchev–Trinajstić information content (AvgIpc) is 3.21. The number of amides is 2. The maximum Gasteiger partial charge on any atom is 0.326 e. The van der Waals surface area contributed by atoms with E-state index in [9.17, 15) is 19.5 Å². The fraction of sp³-hybridized carbons (Fsp3) is 0.429. The summed E-state index contributed by atoms with van der Waals surface area (Å²) >= 11 is 0. The number of rotatable bonds is 12. The van der Waals surface area contributed by atoms with Crippen LogP contribution in [0.5, 0.6) is 0 Å². The van der Waals surface area contributed by atoms with Crippen LogP contribution >= 0.6 is 0 Å². The number of aromatic nitrogens is 2. The van der Waals surface area contributed by atoms with Gasteiger partial charge in [0.2, 0.25) is 11.8 Å². The van der Waals surface area contributed by atoms with Crippen molar-refractivity contribution in [2.75, 3.05) is 0 Å². The van der Waals surface area contributed by atoms with Crippen molar-refractivity contribution in [3.63, 3.8) is 0 Å². The van der Waals surface area contributed by atoms with Crippen molar-refractivity contribution in [2.24, 2.45) is 0 Å². The molecule has 1 heterocycles. The zero-order valence-electron chi connectivity index (χ0n) is 16.6. The van der Waals surface area contributed by atoms with E-state index in [4.69, 9.17) is 0 Å². The lowest BCUT2D eigenvalue weighted by Crippen LogP contribution is -2.52. The topological polar surface area (TPSA) is 124 Å². The molecule has 2 atom stereocenters. The van der Waals surface area contributed by atoms with E-state index < -0.39 is 24.0 Å². The minimum absolute atomic E-state index is 0.0882. The molecule has 156 valence electrons. The molecule has 8 heteroatoms. The Bertz CT molecular complexity index is 777. The van der Waals surface area contributed by atoms with Crippen molar-refractivity contribution in [2.45, 2.75) is 57.5 Å². The number of aliphatic carboxylic acids is 1. The Balaban J connectivity index is 1.86. The number of carboxylic acid groups (broad SMARTS) is 1. The van der Waals surface area contributed by atoms with E-state index >= 15 is 0 Å². The molecule has 2 amide bonds. The molecule has 2 rings (SSSR count). The number of carboxylic acids is 1. The SMILES string of the molecule is CCC[C@H](NC(=O)CCCc1ccccc1)C(=O)N[C@@H](Cc1cnc[nH]1)C(=O)O.